The highest BCUT2D eigenvalue weighted by atomic mass is 35.5. The highest BCUT2D eigenvalue weighted by Crippen LogP contribution is 2.17. The Labute approximate surface area is 80.2 Å². The van der Waals surface area contributed by atoms with Crippen LogP contribution in [0.25, 0.3) is 0 Å². The van der Waals surface area contributed by atoms with Crippen molar-refractivity contribution < 1.29 is 9.59 Å². The van der Waals surface area contributed by atoms with Crippen molar-refractivity contribution in [3.8, 4) is 0 Å². The molecule has 5 nitrogen and oxygen atoms in total. The molecule has 6 heteroatoms. The van der Waals surface area contributed by atoms with Crippen molar-refractivity contribution >= 4 is 24.2 Å². The van der Waals surface area contributed by atoms with Crippen LogP contribution < -0.4 is 0 Å². The van der Waals surface area contributed by atoms with Crippen LogP contribution in [0.2, 0.25) is 0 Å². The lowest BCUT2D eigenvalue weighted by Crippen LogP contribution is -2.32. The van der Waals surface area contributed by atoms with Crippen molar-refractivity contribution in [1.29, 1.82) is 0 Å². The largest absolute Gasteiger partial charge is 0.272 e. The quantitative estimate of drug-likeness (QED) is 0.538. The summed E-state index contributed by atoms with van der Waals surface area (Å²) in [6, 6.07) is 0. The number of carbonyl (C=O) groups excluding carboxylic acids is 2. The number of amides is 2. The number of nitrogens with zero attached hydrogens (tertiary/aromatic N) is 3. The summed E-state index contributed by atoms with van der Waals surface area (Å²) in [6.45, 7) is -0.0621. The first-order chi connectivity index (χ1) is 5.79. The van der Waals surface area contributed by atoms with Crippen LogP contribution in [0.1, 0.15) is 0 Å². The van der Waals surface area contributed by atoms with Crippen molar-refractivity contribution in [2.45, 2.75) is 0 Å². The van der Waals surface area contributed by atoms with Gasteiger partial charge in [0.2, 0.25) is 0 Å². The molecule has 0 N–H and O–H groups in total. The lowest BCUT2D eigenvalue weighted by Gasteiger charge is -2.11. The van der Waals surface area contributed by atoms with Gasteiger partial charge in [0.05, 0.1) is 11.9 Å². The van der Waals surface area contributed by atoms with Crippen LogP contribution in [0.3, 0.4) is 0 Å². The van der Waals surface area contributed by atoms with Gasteiger partial charge >= 0.3 is 0 Å². The lowest BCUT2D eigenvalue weighted by atomic mass is 10.4. The number of imide groups is 1. The maximum atomic E-state index is 11.2. The lowest BCUT2D eigenvalue weighted by molar-refractivity contribution is -0.137. The molecule has 0 unspecified atom stereocenters. The fourth-order valence-corrected chi connectivity index (χ4v) is 1.07. The van der Waals surface area contributed by atoms with Crippen molar-refractivity contribution in [2.24, 2.45) is 10.2 Å². The SMILES string of the molecule is Cl.O=C1C=CC2=CN=NCC(=O)N12. The van der Waals surface area contributed by atoms with Crippen LogP contribution in [-0.2, 0) is 9.59 Å². The molecule has 2 rings (SSSR count). The zero-order valence-corrected chi connectivity index (χ0v) is 7.32. The summed E-state index contributed by atoms with van der Waals surface area (Å²) in [6.07, 6.45) is 4.28. The Morgan fingerprint density at radius 1 is 1.31 bits per heavy atom. The fraction of sp³-hybridized carbons (Fsp3) is 0.143. The molecule has 68 valence electrons. The van der Waals surface area contributed by atoms with E-state index < -0.39 is 0 Å². The standard InChI is InChI=1S/C7H5N3O2.ClH/c11-6-2-1-5-3-8-9-4-7(12)10(5)6;/h1-3H,4H2;1H. The average molecular weight is 200 g/mol. The van der Waals surface area contributed by atoms with Gasteiger partial charge in [-0.15, -0.1) is 12.4 Å². The molecule has 0 saturated heterocycles. The Bertz CT molecular complexity index is 346. The van der Waals surface area contributed by atoms with E-state index in [1.165, 1.54) is 12.3 Å². The number of azo groups is 1. The molecule has 2 amide bonds. The molecular weight excluding hydrogens is 194 g/mol. The first kappa shape index (κ1) is 9.60. The first-order valence-corrected chi connectivity index (χ1v) is 3.41. The number of carbonyl (C=O) groups is 2. The van der Waals surface area contributed by atoms with Crippen LogP contribution in [0.5, 0.6) is 0 Å². The van der Waals surface area contributed by atoms with E-state index in [4.69, 9.17) is 0 Å². The van der Waals surface area contributed by atoms with Crippen molar-refractivity contribution in [3.63, 3.8) is 0 Å². The van der Waals surface area contributed by atoms with Gasteiger partial charge in [-0.05, 0) is 6.08 Å². The third-order valence-corrected chi connectivity index (χ3v) is 1.60. The summed E-state index contributed by atoms with van der Waals surface area (Å²) in [5, 5.41) is 7.14. The molecule has 13 heavy (non-hydrogen) atoms. The number of hydrogen-bond donors (Lipinski definition) is 0. The van der Waals surface area contributed by atoms with Crippen molar-refractivity contribution in [1.82, 2.24) is 4.90 Å². The number of rotatable bonds is 0. The van der Waals surface area contributed by atoms with Crippen molar-refractivity contribution in [2.75, 3.05) is 6.54 Å². The van der Waals surface area contributed by atoms with Crippen LogP contribution in [0, 0.1) is 0 Å². The molecule has 2 aliphatic rings. The zero-order valence-electron chi connectivity index (χ0n) is 6.51. The highest BCUT2D eigenvalue weighted by Gasteiger charge is 2.27. The van der Waals surface area contributed by atoms with Gasteiger partial charge in [0.15, 0.2) is 0 Å². The van der Waals surface area contributed by atoms with Gasteiger partial charge in [-0.3, -0.25) is 9.59 Å². The number of fused-ring (bicyclic) bond motifs is 1. The first-order valence-electron chi connectivity index (χ1n) is 3.41. The van der Waals surface area contributed by atoms with E-state index >= 15 is 0 Å². The van der Waals surface area contributed by atoms with E-state index in [2.05, 4.69) is 10.2 Å². The molecule has 2 heterocycles. The Kier molecular flexibility index (Phi) is 2.57. The molecule has 0 spiro atoms. The van der Waals surface area contributed by atoms with E-state index in [9.17, 15) is 9.59 Å². The molecule has 0 aromatic carbocycles. The maximum absolute atomic E-state index is 11.2. The number of hydrogen-bond acceptors (Lipinski definition) is 4. The minimum absolute atomic E-state index is 0. The van der Waals surface area contributed by atoms with Gasteiger partial charge < -0.3 is 0 Å². The third kappa shape index (κ3) is 1.50. The summed E-state index contributed by atoms with van der Waals surface area (Å²) >= 11 is 0. The van der Waals surface area contributed by atoms with E-state index in [0.29, 0.717) is 5.70 Å². The minimum Gasteiger partial charge on any atom is -0.272 e. The van der Waals surface area contributed by atoms with Crippen LogP contribution >= 0.6 is 12.4 Å². The minimum atomic E-state index is -0.336. The topological polar surface area (TPSA) is 62.1 Å². The second kappa shape index (κ2) is 3.49. The molecular formula is C7H6ClN3O2. The molecule has 0 aromatic heterocycles. The van der Waals surface area contributed by atoms with Gasteiger partial charge in [0, 0.05) is 6.08 Å². The van der Waals surface area contributed by atoms with Gasteiger partial charge in [-0.1, -0.05) is 0 Å². The summed E-state index contributed by atoms with van der Waals surface area (Å²) < 4.78 is 0. The smallest absolute Gasteiger partial charge is 0.257 e. The van der Waals surface area contributed by atoms with E-state index in [-0.39, 0.29) is 30.8 Å². The number of allylic oxidation sites excluding steroid dienone is 1. The molecule has 0 aromatic rings. The highest BCUT2D eigenvalue weighted by molar-refractivity contribution is 6.06. The summed E-state index contributed by atoms with van der Waals surface area (Å²) in [5.74, 6) is -0.656. The summed E-state index contributed by atoms with van der Waals surface area (Å²) in [4.78, 5) is 23.3. The molecule has 0 bridgehead atoms. The monoisotopic (exact) mass is 199 g/mol. The van der Waals surface area contributed by atoms with Crippen LogP contribution in [0.4, 0.5) is 0 Å². The molecule has 2 aliphatic heterocycles. The second-order valence-corrected chi connectivity index (χ2v) is 2.37. The third-order valence-electron chi connectivity index (χ3n) is 1.60. The van der Waals surface area contributed by atoms with Gasteiger partial charge in [0.25, 0.3) is 11.8 Å². The molecule has 0 aliphatic carbocycles. The maximum Gasteiger partial charge on any atom is 0.257 e. The van der Waals surface area contributed by atoms with Crippen LogP contribution in [0.15, 0.2) is 34.3 Å². The number of halogens is 1. The van der Waals surface area contributed by atoms with Gasteiger partial charge in [0.1, 0.15) is 6.54 Å². The zero-order chi connectivity index (χ0) is 8.55. The Hall–Kier alpha value is -1.49. The fourth-order valence-electron chi connectivity index (χ4n) is 1.07. The second-order valence-electron chi connectivity index (χ2n) is 2.37. The Balaban J connectivity index is 0.000000845. The molecule has 0 saturated carbocycles. The Morgan fingerprint density at radius 3 is 2.85 bits per heavy atom. The van der Waals surface area contributed by atoms with Gasteiger partial charge in [-0.25, -0.2) is 4.90 Å². The predicted molar refractivity (Wildman–Crippen MR) is 46.0 cm³/mol. The van der Waals surface area contributed by atoms with E-state index in [1.807, 2.05) is 0 Å². The van der Waals surface area contributed by atoms with Gasteiger partial charge in [-0.2, -0.15) is 10.2 Å². The van der Waals surface area contributed by atoms with E-state index in [0.717, 1.165) is 4.90 Å². The molecule has 0 radical (unpaired) electrons. The summed E-state index contributed by atoms with van der Waals surface area (Å²) in [5.41, 5.74) is 0.492. The normalized spacial score (nSPS) is 19.4. The van der Waals surface area contributed by atoms with E-state index in [1.54, 1.807) is 6.08 Å². The van der Waals surface area contributed by atoms with Crippen LogP contribution in [-0.4, -0.2) is 23.3 Å². The summed E-state index contributed by atoms with van der Waals surface area (Å²) in [7, 11) is 0. The molecule has 0 atom stereocenters. The predicted octanol–water partition coefficient (Wildman–Crippen LogP) is 0.640. The Morgan fingerprint density at radius 2 is 2.08 bits per heavy atom. The van der Waals surface area contributed by atoms with Crippen molar-refractivity contribution in [3.05, 3.63) is 24.0 Å². The average Bonchev–Trinajstić information content (AvgIpc) is 2.29. The molecule has 0 fully saturated rings.